The Balaban J connectivity index is 0. The molecule has 0 radical (unpaired) electrons. The van der Waals surface area contributed by atoms with Crippen LogP contribution in [0.4, 0.5) is 0 Å². The molecule has 0 aromatic carbocycles. The van der Waals surface area contributed by atoms with Crippen molar-refractivity contribution in [3.63, 3.8) is 0 Å². The van der Waals surface area contributed by atoms with Crippen molar-refractivity contribution in [2.45, 2.75) is 39.1 Å². The van der Waals surface area contributed by atoms with Crippen LogP contribution in [0.2, 0.25) is 0 Å². The topological polar surface area (TPSA) is 47.9 Å². The summed E-state index contributed by atoms with van der Waals surface area (Å²) in [6, 6.07) is 0. The molecule has 0 spiro atoms. The van der Waals surface area contributed by atoms with Crippen LogP contribution in [0.15, 0.2) is 0 Å². The van der Waals surface area contributed by atoms with Crippen molar-refractivity contribution in [2.75, 3.05) is 26.9 Å². The fourth-order valence-electron chi connectivity index (χ4n) is 0.768. The molecule has 0 aliphatic heterocycles. The van der Waals surface area contributed by atoms with Gasteiger partial charge in [-0.15, -0.1) is 0 Å². The van der Waals surface area contributed by atoms with Gasteiger partial charge in [-0.05, 0) is 20.8 Å². The minimum absolute atomic E-state index is 0. The van der Waals surface area contributed by atoms with Crippen molar-refractivity contribution in [3.05, 3.63) is 0 Å². The number of hydrogen-bond donors (Lipinski definition) is 1. The Morgan fingerprint density at radius 3 is 1.87 bits per heavy atom. The van der Waals surface area contributed by atoms with E-state index in [1.165, 1.54) is 0 Å². The van der Waals surface area contributed by atoms with Crippen molar-refractivity contribution >= 4 is 37.7 Å². The second kappa shape index (κ2) is 11.6. The molecule has 0 aromatic rings. The first kappa shape index (κ1) is 18.5. The van der Waals surface area contributed by atoms with Gasteiger partial charge in [-0.25, -0.2) is 0 Å². The molecule has 0 amide bonds. The number of rotatable bonds is 8. The van der Waals surface area contributed by atoms with E-state index in [9.17, 15) is 0 Å². The molecule has 90 valence electrons. The molecule has 15 heavy (non-hydrogen) atoms. The third kappa shape index (κ3) is 11.4. The van der Waals surface area contributed by atoms with Crippen molar-refractivity contribution < 1.29 is 19.3 Å². The molecule has 0 saturated carbocycles. The monoisotopic (exact) mass is 248 g/mol. The Bertz CT molecular complexity index is 121. The number of aliphatic hydroxyl groups is 1. The third-order valence-corrected chi connectivity index (χ3v) is 1.89. The van der Waals surface area contributed by atoms with E-state index in [0.717, 1.165) is 0 Å². The van der Waals surface area contributed by atoms with Gasteiger partial charge in [-0.3, -0.25) is 0 Å². The van der Waals surface area contributed by atoms with Crippen molar-refractivity contribution in [2.24, 2.45) is 0 Å². The van der Waals surface area contributed by atoms with Gasteiger partial charge in [0.15, 0.2) is 0 Å². The van der Waals surface area contributed by atoms with Crippen LogP contribution in [-0.2, 0) is 14.2 Å². The van der Waals surface area contributed by atoms with E-state index in [1.54, 1.807) is 7.11 Å². The Kier molecular flexibility index (Phi) is 14.3. The van der Waals surface area contributed by atoms with Crippen molar-refractivity contribution in [1.82, 2.24) is 0 Å². The molecular formula is C10H24CaO4. The standard InChI is InChI=1S/C10H22O4.Ca.2H/c1-8(5-11)13-7-10(3)14-6-9(2)12-4;;;/h8-11H,5-7H2,1-4H3;;;. The van der Waals surface area contributed by atoms with Crippen LogP contribution in [0.1, 0.15) is 20.8 Å². The van der Waals surface area contributed by atoms with Gasteiger partial charge in [0.25, 0.3) is 0 Å². The summed E-state index contributed by atoms with van der Waals surface area (Å²) in [5, 5.41) is 8.72. The van der Waals surface area contributed by atoms with E-state index >= 15 is 0 Å². The van der Waals surface area contributed by atoms with Crippen molar-refractivity contribution in [3.8, 4) is 0 Å². The molecule has 5 heteroatoms. The quantitative estimate of drug-likeness (QED) is 0.610. The van der Waals surface area contributed by atoms with E-state index in [1.807, 2.05) is 20.8 Å². The normalized spacial score (nSPS) is 16.6. The number of hydrogen-bond acceptors (Lipinski definition) is 4. The zero-order valence-electron chi connectivity index (χ0n) is 9.53. The van der Waals surface area contributed by atoms with Gasteiger partial charge in [0.05, 0.1) is 38.1 Å². The van der Waals surface area contributed by atoms with Crippen LogP contribution in [-0.4, -0.2) is 88.1 Å². The van der Waals surface area contributed by atoms with Crippen LogP contribution in [0, 0.1) is 0 Å². The first-order valence-electron chi connectivity index (χ1n) is 4.97. The zero-order valence-corrected chi connectivity index (χ0v) is 9.53. The van der Waals surface area contributed by atoms with Gasteiger partial charge >= 0.3 is 37.7 Å². The van der Waals surface area contributed by atoms with Crippen LogP contribution in [0.5, 0.6) is 0 Å². The summed E-state index contributed by atoms with van der Waals surface area (Å²) in [7, 11) is 1.66. The van der Waals surface area contributed by atoms with Gasteiger partial charge in [-0.2, -0.15) is 0 Å². The fourth-order valence-corrected chi connectivity index (χ4v) is 0.768. The molecule has 0 fully saturated rings. The number of ether oxygens (including phenoxy) is 3. The average molecular weight is 248 g/mol. The molecule has 0 aliphatic rings. The third-order valence-electron chi connectivity index (χ3n) is 1.89. The van der Waals surface area contributed by atoms with Gasteiger partial charge in [-0.1, -0.05) is 0 Å². The predicted octanol–water partition coefficient (Wildman–Crippen LogP) is -0.0924. The summed E-state index contributed by atoms with van der Waals surface area (Å²) in [5.74, 6) is 0. The Labute approximate surface area is 122 Å². The van der Waals surface area contributed by atoms with Gasteiger partial charge in [0.1, 0.15) is 0 Å². The second-order valence-electron chi connectivity index (χ2n) is 3.52. The Morgan fingerprint density at radius 2 is 1.40 bits per heavy atom. The van der Waals surface area contributed by atoms with E-state index in [4.69, 9.17) is 19.3 Å². The molecule has 0 aliphatic carbocycles. The summed E-state index contributed by atoms with van der Waals surface area (Å²) in [6.07, 6.45) is 0.00946. The zero-order chi connectivity index (χ0) is 11.0. The maximum absolute atomic E-state index is 8.72. The maximum atomic E-state index is 8.72. The van der Waals surface area contributed by atoms with Crippen LogP contribution < -0.4 is 0 Å². The summed E-state index contributed by atoms with van der Waals surface area (Å²) in [6.45, 7) is 6.81. The summed E-state index contributed by atoms with van der Waals surface area (Å²) in [4.78, 5) is 0. The predicted molar refractivity (Wildman–Crippen MR) is 62.9 cm³/mol. The molecule has 3 atom stereocenters. The molecule has 0 aromatic heterocycles. The van der Waals surface area contributed by atoms with E-state index in [2.05, 4.69) is 0 Å². The van der Waals surface area contributed by atoms with Gasteiger partial charge in [0, 0.05) is 7.11 Å². The van der Waals surface area contributed by atoms with Crippen LogP contribution in [0.3, 0.4) is 0 Å². The first-order valence-corrected chi connectivity index (χ1v) is 4.97. The molecule has 0 saturated heterocycles. The average Bonchev–Trinajstić information content (AvgIpc) is 2.22. The Morgan fingerprint density at radius 1 is 0.933 bits per heavy atom. The SMILES string of the molecule is COC(C)COC(C)COC(C)CO.[CaH2]. The van der Waals surface area contributed by atoms with E-state index in [0.29, 0.717) is 13.2 Å². The van der Waals surface area contributed by atoms with Crippen LogP contribution >= 0.6 is 0 Å². The second-order valence-corrected chi connectivity index (χ2v) is 3.52. The van der Waals surface area contributed by atoms with E-state index < -0.39 is 0 Å². The first-order chi connectivity index (χ1) is 6.60. The molecular weight excluding hydrogens is 224 g/mol. The van der Waals surface area contributed by atoms with E-state index in [-0.39, 0.29) is 62.7 Å². The molecule has 0 bridgehead atoms. The molecule has 3 unspecified atom stereocenters. The molecule has 4 nitrogen and oxygen atoms in total. The molecule has 0 rings (SSSR count). The summed E-state index contributed by atoms with van der Waals surface area (Å²) >= 11 is 0. The Hall–Kier alpha value is 1.10. The van der Waals surface area contributed by atoms with Crippen LogP contribution in [0.25, 0.3) is 0 Å². The summed E-state index contributed by atoms with van der Waals surface area (Å²) in [5.41, 5.74) is 0. The minimum atomic E-state index is -0.124. The van der Waals surface area contributed by atoms with Crippen molar-refractivity contribution in [1.29, 1.82) is 0 Å². The number of methoxy groups -OCH3 is 1. The van der Waals surface area contributed by atoms with Gasteiger partial charge < -0.3 is 19.3 Å². The summed E-state index contributed by atoms with van der Waals surface area (Å²) < 4.78 is 15.8. The van der Waals surface area contributed by atoms with Gasteiger partial charge in [0.2, 0.25) is 0 Å². The molecule has 1 N–H and O–H groups in total. The fraction of sp³-hybridized carbons (Fsp3) is 1.00. The molecule has 0 heterocycles. The number of aliphatic hydroxyl groups excluding tert-OH is 1.